The van der Waals surface area contributed by atoms with E-state index in [9.17, 15) is 14.0 Å². The summed E-state index contributed by atoms with van der Waals surface area (Å²) in [5, 5.41) is 3.16. The summed E-state index contributed by atoms with van der Waals surface area (Å²) < 4.78 is 18.1. The number of carbonyl (C=O) groups is 2. The molecule has 0 bridgehead atoms. The van der Waals surface area contributed by atoms with E-state index in [-0.39, 0.29) is 27.0 Å². The largest absolute Gasteiger partial charge is 0.351 e. The van der Waals surface area contributed by atoms with Gasteiger partial charge in [-0.25, -0.2) is 4.39 Å². The lowest BCUT2D eigenvalue weighted by Crippen LogP contribution is -2.47. The average molecular weight is 520 g/mol. The van der Waals surface area contributed by atoms with E-state index >= 15 is 0 Å². The molecule has 9 heteroatoms. The summed E-state index contributed by atoms with van der Waals surface area (Å²) in [7, 11) is 0. The summed E-state index contributed by atoms with van der Waals surface area (Å²) in [4.78, 5) is 28.9. The van der Waals surface area contributed by atoms with E-state index < -0.39 is 17.8 Å². The van der Waals surface area contributed by atoms with Gasteiger partial charge < -0.3 is 5.32 Å². The molecule has 0 unspecified atom stereocenters. The van der Waals surface area contributed by atoms with Crippen LogP contribution in [0.3, 0.4) is 0 Å². The van der Waals surface area contributed by atoms with Crippen molar-refractivity contribution in [3.8, 4) is 0 Å². The van der Waals surface area contributed by atoms with Gasteiger partial charge >= 0.3 is 0 Å². The number of hydrogen-bond acceptors (Lipinski definition) is 4. The second-order valence-electron chi connectivity index (χ2n) is 8.43. The van der Waals surface area contributed by atoms with E-state index in [0.717, 1.165) is 49.2 Å². The highest BCUT2D eigenvalue weighted by molar-refractivity contribution is 7.11. The Bertz CT molecular complexity index is 1160. The molecule has 1 aliphatic rings. The van der Waals surface area contributed by atoms with Gasteiger partial charge in [-0.3, -0.25) is 14.5 Å². The molecule has 34 heavy (non-hydrogen) atoms. The zero-order valence-electron chi connectivity index (χ0n) is 18.6. The van der Waals surface area contributed by atoms with Crippen LogP contribution in [-0.2, 0) is 4.79 Å². The first kappa shape index (κ1) is 24.6. The predicted octanol–water partition coefficient (Wildman–Crippen LogP) is 6.73. The van der Waals surface area contributed by atoms with Crippen molar-refractivity contribution in [3.63, 3.8) is 0 Å². The van der Waals surface area contributed by atoms with E-state index in [4.69, 9.17) is 23.2 Å². The van der Waals surface area contributed by atoms with Crippen LogP contribution in [-0.4, -0.2) is 22.2 Å². The fourth-order valence-electron chi connectivity index (χ4n) is 4.18. The van der Waals surface area contributed by atoms with Crippen LogP contribution in [0, 0.1) is 12.7 Å². The molecule has 1 atom stereocenters. The van der Waals surface area contributed by atoms with Crippen molar-refractivity contribution in [2.45, 2.75) is 51.1 Å². The molecule has 1 aromatic heterocycles. The number of aromatic nitrogens is 1. The van der Waals surface area contributed by atoms with Crippen molar-refractivity contribution in [2.24, 2.45) is 0 Å². The lowest BCUT2D eigenvalue weighted by atomic mass is 9.94. The van der Waals surface area contributed by atoms with E-state index in [0.29, 0.717) is 11.3 Å². The SMILES string of the molecule is Cc1ccc(N(C(=O)c2nsc(Cl)c2Cl)[C@H](C(=O)NC2CCCCC2)c2ccc(F)cc2)cc1. The smallest absolute Gasteiger partial charge is 0.280 e. The molecule has 4 rings (SSSR count). The fourth-order valence-corrected chi connectivity index (χ4v) is 5.17. The molecule has 178 valence electrons. The fraction of sp³-hybridized carbons (Fsp3) is 0.320. The van der Waals surface area contributed by atoms with Crippen LogP contribution in [0.4, 0.5) is 10.1 Å². The monoisotopic (exact) mass is 519 g/mol. The number of nitrogens with zero attached hydrogens (tertiary/aromatic N) is 2. The van der Waals surface area contributed by atoms with Crippen LogP contribution in [0.2, 0.25) is 9.36 Å². The highest BCUT2D eigenvalue weighted by atomic mass is 35.5. The summed E-state index contributed by atoms with van der Waals surface area (Å²) in [6.45, 7) is 1.93. The van der Waals surface area contributed by atoms with E-state index in [2.05, 4.69) is 9.69 Å². The minimum atomic E-state index is -1.06. The van der Waals surface area contributed by atoms with E-state index in [1.54, 1.807) is 12.1 Å². The van der Waals surface area contributed by atoms with Gasteiger partial charge in [-0.15, -0.1) is 0 Å². The molecule has 2 aromatic carbocycles. The van der Waals surface area contributed by atoms with Gasteiger partial charge in [0, 0.05) is 11.7 Å². The Morgan fingerprint density at radius 3 is 2.29 bits per heavy atom. The summed E-state index contributed by atoms with van der Waals surface area (Å²) in [5.41, 5.74) is 1.93. The van der Waals surface area contributed by atoms with Crippen molar-refractivity contribution in [1.29, 1.82) is 0 Å². The number of halogens is 3. The molecule has 1 aliphatic carbocycles. The second-order valence-corrected chi connectivity index (χ2v) is 10.2. The summed E-state index contributed by atoms with van der Waals surface area (Å²) >= 11 is 13.3. The molecule has 1 heterocycles. The molecule has 2 amide bonds. The van der Waals surface area contributed by atoms with Crippen LogP contribution in [0.5, 0.6) is 0 Å². The topological polar surface area (TPSA) is 62.3 Å². The Hall–Kier alpha value is -2.48. The average Bonchev–Trinajstić information content (AvgIpc) is 3.17. The Labute approximate surface area is 212 Å². The first-order valence-corrected chi connectivity index (χ1v) is 12.6. The number of anilines is 1. The van der Waals surface area contributed by atoms with Crippen molar-refractivity contribution >= 4 is 52.2 Å². The highest BCUT2D eigenvalue weighted by Gasteiger charge is 2.36. The maximum absolute atomic E-state index is 13.8. The number of rotatable bonds is 6. The van der Waals surface area contributed by atoms with Gasteiger partial charge in [-0.05, 0) is 61.1 Å². The number of amides is 2. The van der Waals surface area contributed by atoms with Crippen molar-refractivity contribution in [1.82, 2.24) is 9.69 Å². The molecule has 1 N–H and O–H groups in total. The van der Waals surface area contributed by atoms with Crippen molar-refractivity contribution in [3.05, 3.63) is 80.5 Å². The standard InChI is InChI=1S/C25H24Cl2FN3O2S/c1-15-7-13-19(14-8-15)31(25(33)21-20(26)23(27)34-30-21)22(16-9-11-17(28)12-10-16)24(32)29-18-5-3-2-4-6-18/h7-14,18,22H,2-6H2,1H3,(H,29,32)/t22-/m0/s1. The first-order chi connectivity index (χ1) is 16.3. The summed E-state index contributed by atoms with van der Waals surface area (Å²) in [6.07, 6.45) is 4.99. The van der Waals surface area contributed by atoms with Gasteiger partial charge in [0.15, 0.2) is 5.69 Å². The van der Waals surface area contributed by atoms with Crippen LogP contribution >= 0.6 is 34.7 Å². The van der Waals surface area contributed by atoms with Gasteiger partial charge in [-0.2, -0.15) is 4.37 Å². The number of carbonyl (C=O) groups excluding carboxylic acids is 2. The highest BCUT2D eigenvalue weighted by Crippen LogP contribution is 2.35. The molecule has 3 aromatic rings. The number of benzene rings is 2. The predicted molar refractivity (Wildman–Crippen MR) is 134 cm³/mol. The second kappa shape index (κ2) is 10.8. The molecule has 1 fully saturated rings. The molecular weight excluding hydrogens is 496 g/mol. The Balaban J connectivity index is 1.81. The van der Waals surface area contributed by atoms with E-state index in [1.807, 2.05) is 19.1 Å². The quantitative estimate of drug-likeness (QED) is 0.392. The van der Waals surface area contributed by atoms with Crippen molar-refractivity contribution < 1.29 is 14.0 Å². The van der Waals surface area contributed by atoms with Gasteiger partial charge in [0.25, 0.3) is 5.91 Å². The Kier molecular flexibility index (Phi) is 7.86. The van der Waals surface area contributed by atoms with Crippen LogP contribution in [0.1, 0.15) is 59.8 Å². The number of aryl methyl sites for hydroxylation is 1. The van der Waals surface area contributed by atoms with Crippen LogP contribution in [0.15, 0.2) is 48.5 Å². The number of nitrogens with one attached hydrogen (secondary N) is 1. The van der Waals surface area contributed by atoms with Crippen LogP contribution < -0.4 is 10.2 Å². The Morgan fingerprint density at radius 2 is 1.71 bits per heavy atom. The zero-order chi connectivity index (χ0) is 24.2. The van der Waals surface area contributed by atoms with Gasteiger partial charge in [0.1, 0.15) is 21.2 Å². The van der Waals surface area contributed by atoms with Gasteiger partial charge in [0.2, 0.25) is 5.91 Å². The van der Waals surface area contributed by atoms with Gasteiger partial charge in [0.05, 0.1) is 0 Å². The maximum atomic E-state index is 13.8. The molecule has 0 radical (unpaired) electrons. The normalized spacial score (nSPS) is 15.1. The molecule has 0 spiro atoms. The molecule has 5 nitrogen and oxygen atoms in total. The molecule has 1 saturated carbocycles. The third kappa shape index (κ3) is 5.43. The summed E-state index contributed by atoms with van der Waals surface area (Å²) in [6, 6.07) is 11.8. The minimum absolute atomic E-state index is 0.0245. The third-order valence-corrected chi connectivity index (χ3v) is 7.59. The molecule has 0 aliphatic heterocycles. The minimum Gasteiger partial charge on any atom is -0.351 e. The lowest BCUT2D eigenvalue weighted by molar-refractivity contribution is -0.123. The Morgan fingerprint density at radius 1 is 1.06 bits per heavy atom. The first-order valence-electron chi connectivity index (χ1n) is 11.1. The third-order valence-electron chi connectivity index (χ3n) is 5.97. The molecular formula is C25H24Cl2FN3O2S. The van der Waals surface area contributed by atoms with Crippen LogP contribution in [0.25, 0.3) is 0 Å². The zero-order valence-corrected chi connectivity index (χ0v) is 20.9. The number of hydrogen-bond donors (Lipinski definition) is 1. The molecule has 0 saturated heterocycles. The summed E-state index contributed by atoms with van der Waals surface area (Å²) in [5.74, 6) is -1.34. The van der Waals surface area contributed by atoms with E-state index in [1.165, 1.54) is 29.2 Å². The maximum Gasteiger partial charge on any atom is 0.280 e. The lowest BCUT2D eigenvalue weighted by Gasteiger charge is -2.33. The van der Waals surface area contributed by atoms with Crippen molar-refractivity contribution in [2.75, 3.05) is 4.90 Å². The van der Waals surface area contributed by atoms with Gasteiger partial charge in [-0.1, -0.05) is 72.3 Å².